The van der Waals surface area contributed by atoms with Crippen molar-refractivity contribution in [3.05, 3.63) is 23.8 Å². The maximum absolute atomic E-state index is 13.6. The molecule has 2 saturated heterocycles. The van der Waals surface area contributed by atoms with Crippen LogP contribution in [0.4, 0.5) is 4.79 Å². The molecule has 1 unspecified atom stereocenters. The molecule has 1 aromatic carbocycles. The molecule has 7 heteroatoms. The van der Waals surface area contributed by atoms with E-state index >= 15 is 0 Å². The Morgan fingerprint density at radius 2 is 1.97 bits per heavy atom. The van der Waals surface area contributed by atoms with Crippen LogP contribution in [0.3, 0.4) is 0 Å². The number of rotatable bonds is 5. The summed E-state index contributed by atoms with van der Waals surface area (Å²) in [5.74, 6) is 1.96. The molecule has 2 aliphatic heterocycles. The summed E-state index contributed by atoms with van der Waals surface area (Å²) in [6.45, 7) is 7.87. The summed E-state index contributed by atoms with van der Waals surface area (Å²) in [4.78, 5) is 29.2. The van der Waals surface area contributed by atoms with Gasteiger partial charge in [-0.15, -0.1) is 0 Å². The van der Waals surface area contributed by atoms with Crippen LogP contribution in [0, 0.1) is 11.3 Å². The van der Waals surface area contributed by atoms with E-state index in [-0.39, 0.29) is 23.4 Å². The van der Waals surface area contributed by atoms with Gasteiger partial charge in [0.05, 0.1) is 26.3 Å². The molecule has 1 aromatic rings. The third-order valence-electron chi connectivity index (χ3n) is 7.28. The highest BCUT2D eigenvalue weighted by Crippen LogP contribution is 2.46. The maximum atomic E-state index is 13.6. The molecule has 170 valence electrons. The Balaban J connectivity index is 1.56. The summed E-state index contributed by atoms with van der Waals surface area (Å²) in [6, 6.07) is 5.75. The van der Waals surface area contributed by atoms with E-state index in [0.717, 1.165) is 49.3 Å². The number of imide groups is 1. The molecule has 31 heavy (non-hydrogen) atoms. The molecular weight excluding hydrogens is 394 g/mol. The number of benzene rings is 1. The number of nitrogens with one attached hydrogen (secondary N) is 2. The number of carbonyl (C=O) groups is 2. The van der Waals surface area contributed by atoms with E-state index in [1.165, 1.54) is 9.80 Å². The first kappa shape index (κ1) is 21.9. The predicted octanol–water partition coefficient (Wildman–Crippen LogP) is 2.52. The van der Waals surface area contributed by atoms with Gasteiger partial charge in [-0.05, 0) is 48.8 Å². The van der Waals surface area contributed by atoms with Crippen molar-refractivity contribution in [3.63, 3.8) is 0 Å². The molecule has 0 radical (unpaired) electrons. The third kappa shape index (κ3) is 4.00. The zero-order valence-electron chi connectivity index (χ0n) is 19.4. The Morgan fingerprint density at radius 3 is 2.65 bits per heavy atom. The fraction of sp³-hybridized carbons (Fsp3) is 0.667. The van der Waals surface area contributed by atoms with E-state index in [4.69, 9.17) is 9.47 Å². The molecule has 3 aliphatic rings. The monoisotopic (exact) mass is 430 g/mol. The van der Waals surface area contributed by atoms with E-state index in [2.05, 4.69) is 26.1 Å². The van der Waals surface area contributed by atoms with Gasteiger partial charge in [-0.3, -0.25) is 4.79 Å². The lowest BCUT2D eigenvalue weighted by atomic mass is 9.64. The van der Waals surface area contributed by atoms with Crippen LogP contribution in [0.2, 0.25) is 0 Å². The summed E-state index contributed by atoms with van der Waals surface area (Å²) < 4.78 is 11.0. The normalized spacial score (nSPS) is 32.4. The van der Waals surface area contributed by atoms with Crippen molar-refractivity contribution in [2.24, 2.45) is 11.3 Å². The van der Waals surface area contributed by atoms with Crippen LogP contribution in [0.1, 0.15) is 64.5 Å². The van der Waals surface area contributed by atoms with Gasteiger partial charge >= 0.3 is 6.03 Å². The van der Waals surface area contributed by atoms with Gasteiger partial charge in [0, 0.05) is 12.8 Å². The number of quaternary nitrogens is 1. The highest BCUT2D eigenvalue weighted by Gasteiger charge is 2.57. The van der Waals surface area contributed by atoms with E-state index in [9.17, 15) is 9.59 Å². The van der Waals surface area contributed by atoms with Gasteiger partial charge in [-0.1, -0.05) is 20.8 Å². The number of urea groups is 1. The van der Waals surface area contributed by atoms with Gasteiger partial charge in [0.1, 0.15) is 23.1 Å². The van der Waals surface area contributed by atoms with Crippen LogP contribution in [-0.2, 0) is 4.79 Å². The number of carbonyl (C=O) groups excluding carboxylic acids is 2. The Morgan fingerprint density at radius 1 is 1.19 bits per heavy atom. The number of amides is 3. The molecule has 2 heterocycles. The Kier molecular flexibility index (Phi) is 5.66. The molecule has 4 rings (SSSR count). The molecule has 7 nitrogen and oxygen atoms in total. The zero-order chi connectivity index (χ0) is 22.4. The highest BCUT2D eigenvalue weighted by molar-refractivity contribution is 6.07. The van der Waals surface area contributed by atoms with Gasteiger partial charge in [-0.25, -0.2) is 9.69 Å². The van der Waals surface area contributed by atoms with Gasteiger partial charge in [0.25, 0.3) is 5.91 Å². The summed E-state index contributed by atoms with van der Waals surface area (Å²) in [5.41, 5.74) is 0.359. The van der Waals surface area contributed by atoms with E-state index in [0.29, 0.717) is 19.0 Å². The minimum absolute atomic E-state index is 0.0353. The second-order valence-corrected chi connectivity index (χ2v) is 10.5. The van der Waals surface area contributed by atoms with Gasteiger partial charge < -0.3 is 19.7 Å². The van der Waals surface area contributed by atoms with Gasteiger partial charge in [0.2, 0.25) is 0 Å². The van der Waals surface area contributed by atoms with Crippen LogP contribution < -0.4 is 19.7 Å². The molecular formula is C24H36N3O4+. The number of methoxy groups -OCH3 is 2. The molecule has 1 saturated carbocycles. The van der Waals surface area contributed by atoms with E-state index in [1.807, 2.05) is 18.2 Å². The van der Waals surface area contributed by atoms with Crippen molar-refractivity contribution in [3.8, 4) is 11.5 Å². The lowest BCUT2D eigenvalue weighted by Crippen LogP contribution is -3.12. The molecule has 0 bridgehead atoms. The minimum atomic E-state index is -0.749. The smallest absolute Gasteiger partial charge is 0.329 e. The van der Waals surface area contributed by atoms with E-state index < -0.39 is 5.54 Å². The van der Waals surface area contributed by atoms with Crippen molar-refractivity contribution in [2.75, 3.05) is 27.4 Å². The number of likely N-dealkylation sites (tertiary alicyclic amines) is 1. The average Bonchev–Trinajstić information content (AvgIpc) is 3.24. The Bertz CT molecular complexity index is 870. The first-order valence-corrected chi connectivity index (χ1v) is 11.4. The topological polar surface area (TPSA) is 72.3 Å². The summed E-state index contributed by atoms with van der Waals surface area (Å²) in [7, 11) is 3.33. The zero-order valence-corrected chi connectivity index (χ0v) is 19.4. The quantitative estimate of drug-likeness (QED) is 0.704. The molecule has 0 aromatic heterocycles. The number of hydrogen-bond donors (Lipinski definition) is 2. The predicted molar refractivity (Wildman–Crippen MR) is 117 cm³/mol. The minimum Gasteiger partial charge on any atom is -0.497 e. The number of ether oxygens (including phenoxy) is 2. The Labute approximate surface area is 185 Å². The van der Waals surface area contributed by atoms with Crippen LogP contribution in [0.25, 0.3) is 0 Å². The second-order valence-electron chi connectivity index (χ2n) is 10.5. The maximum Gasteiger partial charge on any atom is 0.329 e. The van der Waals surface area contributed by atoms with Gasteiger partial charge in [-0.2, -0.15) is 0 Å². The molecule has 3 amide bonds. The number of nitrogens with zero attached hydrogens (tertiary/aromatic N) is 1. The fourth-order valence-corrected chi connectivity index (χ4v) is 6.44. The van der Waals surface area contributed by atoms with Crippen molar-refractivity contribution in [2.45, 2.75) is 64.5 Å². The molecule has 1 spiro atoms. The third-order valence-corrected chi connectivity index (χ3v) is 7.28. The summed E-state index contributed by atoms with van der Waals surface area (Å²) in [5, 5.41) is 3.10. The van der Waals surface area contributed by atoms with E-state index in [1.54, 1.807) is 14.2 Å². The molecule has 1 aliphatic carbocycles. The van der Waals surface area contributed by atoms with Crippen molar-refractivity contribution in [1.82, 2.24) is 10.2 Å². The Hall–Kier alpha value is -2.28. The standard InChI is InChI=1S/C24H35N3O4/c1-16-12-23(2,3)14-24(13-16)21(28)27(22(29)25-24)15-26-10-6-7-19(26)18-11-17(30-4)8-9-20(18)31-5/h8-9,11,16,19H,6-7,10,12-15H2,1-5H3,(H,25,29)/p+1/t16-,19-,24-/m1/s1. The van der Waals surface area contributed by atoms with Crippen molar-refractivity contribution < 1.29 is 24.0 Å². The SMILES string of the molecule is COc1ccc(OC)c([C@H]2CCC[NH+]2CN2C(=O)N[C@@]3(C[C@H](C)CC(C)(C)C3)C2=O)c1. The molecule has 3 fully saturated rings. The summed E-state index contributed by atoms with van der Waals surface area (Å²) in [6.07, 6.45) is 4.53. The van der Waals surface area contributed by atoms with Crippen LogP contribution in [-0.4, -0.2) is 49.8 Å². The van der Waals surface area contributed by atoms with Crippen molar-refractivity contribution in [1.29, 1.82) is 0 Å². The van der Waals surface area contributed by atoms with Crippen LogP contribution in [0.5, 0.6) is 11.5 Å². The highest BCUT2D eigenvalue weighted by atomic mass is 16.5. The second kappa shape index (κ2) is 8.01. The lowest BCUT2D eigenvalue weighted by molar-refractivity contribution is -0.925. The average molecular weight is 431 g/mol. The molecule has 4 atom stereocenters. The van der Waals surface area contributed by atoms with Crippen LogP contribution >= 0.6 is 0 Å². The van der Waals surface area contributed by atoms with Crippen LogP contribution in [0.15, 0.2) is 18.2 Å². The number of hydrogen-bond acceptors (Lipinski definition) is 4. The fourth-order valence-electron chi connectivity index (χ4n) is 6.44. The summed E-state index contributed by atoms with van der Waals surface area (Å²) >= 11 is 0. The van der Waals surface area contributed by atoms with Gasteiger partial charge in [0.15, 0.2) is 6.67 Å². The first-order valence-electron chi connectivity index (χ1n) is 11.4. The molecule has 2 N–H and O–H groups in total. The lowest BCUT2D eigenvalue weighted by Gasteiger charge is -2.43. The van der Waals surface area contributed by atoms with Crippen molar-refractivity contribution >= 4 is 11.9 Å². The first-order chi connectivity index (χ1) is 14.7. The largest absolute Gasteiger partial charge is 0.497 e.